The maximum atomic E-state index is 2.46. The molecule has 0 N–H and O–H groups in total. The Morgan fingerprint density at radius 2 is 0.812 bits per heavy atom. The highest BCUT2D eigenvalue weighted by Gasteiger charge is 2.35. The zero-order valence-corrected chi connectivity index (χ0v) is 38.6. The molecule has 13 rings (SSSR count). The van der Waals surface area contributed by atoms with Crippen LogP contribution in [0.4, 0.5) is 17.1 Å². The number of fused-ring (bicyclic) bond motifs is 7. The van der Waals surface area contributed by atoms with Crippen molar-refractivity contribution in [2.75, 3.05) is 4.90 Å². The summed E-state index contributed by atoms with van der Waals surface area (Å²) in [5, 5.41) is 5.01. The molecule has 11 aromatic carbocycles. The molecule has 0 aliphatic heterocycles. The van der Waals surface area contributed by atoms with Crippen LogP contribution in [0.2, 0.25) is 0 Å². The first-order chi connectivity index (χ1) is 34.0. The molecular weight excluding hydrogens is 833 g/mol. The molecule has 0 bridgehead atoms. The van der Waals surface area contributed by atoms with Crippen LogP contribution in [-0.2, 0) is 5.41 Å². The van der Waals surface area contributed by atoms with E-state index in [9.17, 15) is 0 Å². The van der Waals surface area contributed by atoms with E-state index in [0.29, 0.717) is 0 Å². The van der Waals surface area contributed by atoms with Crippen molar-refractivity contribution in [2.45, 2.75) is 19.3 Å². The van der Waals surface area contributed by atoms with E-state index in [1.807, 2.05) is 0 Å². The fourth-order valence-electron chi connectivity index (χ4n) is 11.1. The van der Waals surface area contributed by atoms with Crippen LogP contribution in [0.15, 0.2) is 255 Å². The number of aromatic nitrogens is 1. The molecule has 0 unspecified atom stereocenters. The molecule has 0 spiro atoms. The quantitative estimate of drug-likeness (QED) is 0.148. The predicted octanol–water partition coefficient (Wildman–Crippen LogP) is 18.4. The van der Waals surface area contributed by atoms with Crippen molar-refractivity contribution in [3.05, 3.63) is 266 Å². The van der Waals surface area contributed by atoms with E-state index in [4.69, 9.17) is 0 Å². The second-order valence-corrected chi connectivity index (χ2v) is 18.9. The lowest BCUT2D eigenvalue weighted by molar-refractivity contribution is 0.660. The number of benzene rings is 11. The van der Waals surface area contributed by atoms with Gasteiger partial charge in [0.25, 0.3) is 0 Å². The Balaban J connectivity index is 0.859. The van der Waals surface area contributed by atoms with Gasteiger partial charge in [0.15, 0.2) is 0 Å². The minimum Gasteiger partial charge on any atom is -0.310 e. The lowest BCUT2D eigenvalue weighted by Gasteiger charge is -2.28. The second kappa shape index (κ2) is 16.3. The largest absolute Gasteiger partial charge is 0.310 e. The summed E-state index contributed by atoms with van der Waals surface area (Å²) >= 11 is 0. The van der Waals surface area contributed by atoms with Crippen LogP contribution < -0.4 is 4.90 Å². The van der Waals surface area contributed by atoms with Gasteiger partial charge in [-0.15, -0.1) is 0 Å². The fourth-order valence-corrected chi connectivity index (χ4v) is 11.1. The minimum absolute atomic E-state index is 0.105. The summed E-state index contributed by atoms with van der Waals surface area (Å²) in [6.07, 6.45) is 0. The SMILES string of the molecule is CC1(C)c2ccccc2-c2ccc(N(c3ccc(-c4ccccc4)cc3)c3ccc(-c4ccc(-c5ccccc5-n5c6ccccc6c6ccc(-c7cccc8ccccc78)cc65)cc4)cc3)cc21. The zero-order valence-electron chi connectivity index (χ0n) is 38.6. The monoisotopic (exact) mass is 880 g/mol. The summed E-state index contributed by atoms with van der Waals surface area (Å²) in [7, 11) is 0. The van der Waals surface area contributed by atoms with E-state index >= 15 is 0 Å². The maximum absolute atomic E-state index is 2.46. The molecule has 2 nitrogen and oxygen atoms in total. The molecule has 1 aliphatic rings. The van der Waals surface area contributed by atoms with Crippen LogP contribution in [0.1, 0.15) is 25.0 Å². The molecule has 326 valence electrons. The third-order valence-electron chi connectivity index (χ3n) is 14.6. The van der Waals surface area contributed by atoms with Gasteiger partial charge >= 0.3 is 0 Å². The van der Waals surface area contributed by atoms with Gasteiger partial charge in [-0.1, -0.05) is 214 Å². The van der Waals surface area contributed by atoms with Crippen molar-refractivity contribution in [2.24, 2.45) is 0 Å². The van der Waals surface area contributed by atoms with E-state index in [0.717, 1.165) is 22.7 Å². The standard InChI is InChI=1S/C67H48N2/c1-67(2)62-24-11-8-21-58(62)59-42-40-54(44-63(59)67)68(52-36-31-47(32-37-52)45-15-4-3-5-16-45)53-38-33-48(34-39-53)46-27-29-50(30-28-46)57-20-9-12-25-64(57)69-65-26-13-10-22-60(65)61-41-35-51(43-66(61)69)56-23-14-18-49-17-6-7-19-55(49)56/h3-44H,1-2H3. The highest BCUT2D eigenvalue weighted by molar-refractivity contribution is 6.11. The van der Waals surface area contributed by atoms with Crippen LogP contribution in [0.25, 0.3) is 93.9 Å². The molecule has 0 amide bonds. The Bertz CT molecular complexity index is 3890. The average Bonchev–Trinajstić information content (AvgIpc) is 3.86. The predicted molar refractivity (Wildman–Crippen MR) is 292 cm³/mol. The molecule has 1 aromatic heterocycles. The van der Waals surface area contributed by atoms with Crippen LogP contribution in [0, 0.1) is 0 Å². The summed E-state index contributed by atoms with van der Waals surface area (Å²) in [6, 6.07) is 93.6. The van der Waals surface area contributed by atoms with Gasteiger partial charge in [0.1, 0.15) is 0 Å². The van der Waals surface area contributed by atoms with Gasteiger partial charge in [-0.05, 0) is 127 Å². The molecular formula is C67H48N2. The van der Waals surface area contributed by atoms with Crippen LogP contribution in [-0.4, -0.2) is 4.57 Å². The Kier molecular flexibility index (Phi) is 9.55. The highest BCUT2D eigenvalue weighted by Crippen LogP contribution is 2.51. The minimum atomic E-state index is -0.105. The molecule has 69 heavy (non-hydrogen) atoms. The third-order valence-corrected chi connectivity index (χ3v) is 14.6. The first-order valence-corrected chi connectivity index (χ1v) is 24.0. The fraction of sp³-hybridized carbons (Fsp3) is 0.0448. The van der Waals surface area contributed by atoms with Crippen molar-refractivity contribution in [3.8, 4) is 61.3 Å². The summed E-state index contributed by atoms with van der Waals surface area (Å²) in [4.78, 5) is 2.40. The van der Waals surface area contributed by atoms with Crippen molar-refractivity contribution in [3.63, 3.8) is 0 Å². The van der Waals surface area contributed by atoms with E-state index in [-0.39, 0.29) is 5.41 Å². The zero-order chi connectivity index (χ0) is 46.1. The molecule has 0 saturated heterocycles. The summed E-state index contributed by atoms with van der Waals surface area (Å²) in [6.45, 7) is 4.71. The second-order valence-electron chi connectivity index (χ2n) is 18.9. The number of para-hydroxylation sites is 2. The number of hydrogen-bond acceptors (Lipinski definition) is 1. The van der Waals surface area contributed by atoms with Crippen molar-refractivity contribution < 1.29 is 0 Å². The molecule has 12 aromatic rings. The number of hydrogen-bond donors (Lipinski definition) is 0. The van der Waals surface area contributed by atoms with Gasteiger partial charge in [0, 0.05) is 38.8 Å². The third kappa shape index (κ3) is 6.79. The topological polar surface area (TPSA) is 8.17 Å². The summed E-state index contributed by atoms with van der Waals surface area (Å²) in [5.74, 6) is 0. The molecule has 0 fully saturated rings. The van der Waals surface area contributed by atoms with Gasteiger partial charge in [-0.2, -0.15) is 0 Å². The molecule has 1 aliphatic carbocycles. The van der Waals surface area contributed by atoms with Crippen LogP contribution in [0.3, 0.4) is 0 Å². The van der Waals surface area contributed by atoms with E-state index in [1.54, 1.807) is 0 Å². The summed E-state index contributed by atoms with van der Waals surface area (Å²) < 4.78 is 2.46. The molecule has 0 radical (unpaired) electrons. The molecule has 0 atom stereocenters. The van der Waals surface area contributed by atoms with Crippen molar-refractivity contribution in [1.82, 2.24) is 4.57 Å². The molecule has 1 heterocycles. The maximum Gasteiger partial charge on any atom is 0.0547 e. The number of rotatable bonds is 8. The summed E-state index contributed by atoms with van der Waals surface area (Å²) in [5.41, 5.74) is 21.8. The molecule has 0 saturated carbocycles. The van der Waals surface area contributed by atoms with Gasteiger partial charge in [0.05, 0.1) is 16.7 Å². The first kappa shape index (κ1) is 40.5. The smallest absolute Gasteiger partial charge is 0.0547 e. The van der Waals surface area contributed by atoms with Crippen molar-refractivity contribution >= 4 is 49.6 Å². The number of nitrogens with zero attached hydrogens (tertiary/aromatic N) is 2. The van der Waals surface area contributed by atoms with Gasteiger partial charge in [0.2, 0.25) is 0 Å². The van der Waals surface area contributed by atoms with Crippen LogP contribution >= 0.6 is 0 Å². The normalized spacial score (nSPS) is 12.6. The van der Waals surface area contributed by atoms with E-state index < -0.39 is 0 Å². The van der Waals surface area contributed by atoms with Gasteiger partial charge < -0.3 is 9.47 Å². The van der Waals surface area contributed by atoms with Crippen LogP contribution in [0.5, 0.6) is 0 Å². The van der Waals surface area contributed by atoms with Crippen molar-refractivity contribution in [1.29, 1.82) is 0 Å². The highest BCUT2D eigenvalue weighted by atomic mass is 15.1. The van der Waals surface area contributed by atoms with E-state index in [1.165, 1.54) is 99.3 Å². The van der Waals surface area contributed by atoms with Gasteiger partial charge in [-0.3, -0.25) is 0 Å². The Morgan fingerprint density at radius 1 is 0.304 bits per heavy atom. The lowest BCUT2D eigenvalue weighted by Crippen LogP contribution is -2.16. The number of anilines is 3. The Hall–Kier alpha value is -8.72. The lowest BCUT2D eigenvalue weighted by atomic mass is 9.82. The Morgan fingerprint density at radius 3 is 1.57 bits per heavy atom. The first-order valence-electron chi connectivity index (χ1n) is 24.0. The average molecular weight is 881 g/mol. The Labute approximate surface area is 403 Å². The van der Waals surface area contributed by atoms with Gasteiger partial charge in [-0.25, -0.2) is 0 Å². The van der Waals surface area contributed by atoms with E-state index in [2.05, 4.69) is 278 Å². The molecule has 2 heteroatoms.